The second-order valence-corrected chi connectivity index (χ2v) is 5.16. The molecule has 0 radical (unpaired) electrons. The minimum Gasteiger partial charge on any atom is -0.481 e. The summed E-state index contributed by atoms with van der Waals surface area (Å²) in [6.07, 6.45) is 2.32. The van der Waals surface area contributed by atoms with E-state index in [1.54, 1.807) is 14.0 Å². The fourth-order valence-electron chi connectivity index (χ4n) is 1.87. The molecule has 20 heavy (non-hydrogen) atoms. The zero-order valence-corrected chi connectivity index (χ0v) is 12.7. The summed E-state index contributed by atoms with van der Waals surface area (Å²) in [7, 11) is 1.70. The molecule has 0 aliphatic heterocycles. The summed E-state index contributed by atoms with van der Waals surface area (Å²) >= 11 is 6.04. The van der Waals surface area contributed by atoms with E-state index in [4.69, 9.17) is 16.7 Å². The van der Waals surface area contributed by atoms with Crippen LogP contribution in [-0.4, -0.2) is 32.8 Å². The second kappa shape index (κ2) is 7.28. The summed E-state index contributed by atoms with van der Waals surface area (Å²) in [5, 5.41) is 15.9. The van der Waals surface area contributed by atoms with Crippen molar-refractivity contribution in [2.75, 3.05) is 0 Å². The molecule has 1 rings (SSSR count). The molecule has 112 valence electrons. The Balaban J connectivity index is 2.78. The zero-order chi connectivity index (χ0) is 15.3. The van der Waals surface area contributed by atoms with Gasteiger partial charge in [0.1, 0.15) is 0 Å². The normalized spacial score (nSPS) is 12.2. The van der Waals surface area contributed by atoms with Crippen LogP contribution in [0.15, 0.2) is 0 Å². The lowest BCUT2D eigenvalue weighted by molar-refractivity contribution is -0.137. The van der Waals surface area contributed by atoms with Crippen molar-refractivity contribution < 1.29 is 14.7 Å². The van der Waals surface area contributed by atoms with Crippen molar-refractivity contribution in [3.63, 3.8) is 0 Å². The Morgan fingerprint density at radius 2 is 2.15 bits per heavy atom. The van der Waals surface area contributed by atoms with Gasteiger partial charge in [0.05, 0.1) is 17.1 Å². The van der Waals surface area contributed by atoms with Gasteiger partial charge in [-0.25, -0.2) is 0 Å². The van der Waals surface area contributed by atoms with Crippen molar-refractivity contribution in [2.24, 2.45) is 7.05 Å². The molecular formula is C13H20ClN3O3. The lowest BCUT2D eigenvalue weighted by Crippen LogP contribution is -2.37. The van der Waals surface area contributed by atoms with Crippen molar-refractivity contribution in [1.82, 2.24) is 15.1 Å². The summed E-state index contributed by atoms with van der Waals surface area (Å²) in [6, 6.07) is -0.404. The van der Waals surface area contributed by atoms with Gasteiger partial charge in [0.2, 0.25) is 0 Å². The summed E-state index contributed by atoms with van der Waals surface area (Å²) in [5.41, 5.74) is 0.832. The number of aliphatic carboxylic acids is 1. The number of hydrogen-bond acceptors (Lipinski definition) is 3. The lowest BCUT2D eigenvalue weighted by Gasteiger charge is -2.15. The Morgan fingerprint density at radius 3 is 2.60 bits per heavy atom. The average Bonchev–Trinajstić information content (AvgIpc) is 2.63. The maximum atomic E-state index is 12.1. The lowest BCUT2D eigenvalue weighted by atomic mass is 10.1. The smallest absolute Gasteiger partial charge is 0.305 e. The number of aromatic nitrogens is 2. The van der Waals surface area contributed by atoms with E-state index >= 15 is 0 Å². The summed E-state index contributed by atoms with van der Waals surface area (Å²) in [6.45, 7) is 3.77. The fourth-order valence-corrected chi connectivity index (χ4v) is 2.11. The van der Waals surface area contributed by atoms with Crippen LogP contribution in [0.1, 0.15) is 48.8 Å². The molecule has 1 aromatic heterocycles. The molecular weight excluding hydrogens is 282 g/mol. The minimum atomic E-state index is -0.935. The first-order valence-corrected chi connectivity index (χ1v) is 6.96. The second-order valence-electron chi connectivity index (χ2n) is 4.78. The molecule has 1 unspecified atom stereocenters. The summed E-state index contributed by atoms with van der Waals surface area (Å²) < 4.78 is 1.52. The molecule has 1 heterocycles. The molecule has 2 N–H and O–H groups in total. The predicted octanol–water partition coefficient (Wildman–Crippen LogP) is 2.15. The molecule has 0 saturated carbocycles. The van der Waals surface area contributed by atoms with Gasteiger partial charge in [-0.05, 0) is 13.3 Å². The first kappa shape index (κ1) is 16.5. The number of rotatable bonds is 7. The number of aryl methyl sites for hydroxylation is 1. The Bertz CT molecular complexity index is 499. The molecule has 1 aromatic rings. The van der Waals surface area contributed by atoms with Gasteiger partial charge in [0.15, 0.2) is 5.69 Å². The number of nitrogens with zero attached hydrogens (tertiary/aromatic N) is 2. The van der Waals surface area contributed by atoms with Crippen LogP contribution in [0.4, 0.5) is 0 Å². The first-order chi connectivity index (χ1) is 9.36. The van der Waals surface area contributed by atoms with Crippen LogP contribution in [0.3, 0.4) is 0 Å². The van der Waals surface area contributed by atoms with Crippen molar-refractivity contribution in [3.8, 4) is 0 Å². The molecule has 1 atom stereocenters. The van der Waals surface area contributed by atoms with Crippen LogP contribution in [0, 0.1) is 6.92 Å². The van der Waals surface area contributed by atoms with Gasteiger partial charge in [-0.15, -0.1) is 0 Å². The SMILES string of the molecule is CCCCC(CC(=O)O)NC(=O)c1nn(C)c(C)c1Cl. The van der Waals surface area contributed by atoms with Crippen molar-refractivity contribution in [2.45, 2.75) is 45.6 Å². The highest BCUT2D eigenvalue weighted by Gasteiger charge is 2.22. The molecule has 0 aromatic carbocycles. The summed E-state index contributed by atoms with van der Waals surface area (Å²) in [5.74, 6) is -1.37. The number of carboxylic acids is 1. The van der Waals surface area contributed by atoms with Gasteiger partial charge in [-0.2, -0.15) is 5.10 Å². The zero-order valence-electron chi connectivity index (χ0n) is 11.9. The molecule has 0 bridgehead atoms. The quantitative estimate of drug-likeness (QED) is 0.808. The first-order valence-electron chi connectivity index (χ1n) is 6.58. The van der Waals surface area contributed by atoms with E-state index in [9.17, 15) is 9.59 Å². The third kappa shape index (κ3) is 4.23. The number of nitrogens with one attached hydrogen (secondary N) is 1. The standard InChI is InChI=1S/C13H20ClN3O3/c1-4-5-6-9(7-10(18)19)15-13(20)12-11(14)8(2)17(3)16-12/h9H,4-7H2,1-3H3,(H,15,20)(H,18,19). The van der Waals surface area contributed by atoms with E-state index in [2.05, 4.69) is 10.4 Å². The van der Waals surface area contributed by atoms with Crippen molar-refractivity contribution >= 4 is 23.5 Å². The predicted molar refractivity (Wildman–Crippen MR) is 76.0 cm³/mol. The molecule has 0 saturated heterocycles. The largest absolute Gasteiger partial charge is 0.481 e. The Labute approximate surface area is 123 Å². The van der Waals surface area contributed by atoms with E-state index in [0.717, 1.165) is 12.8 Å². The topological polar surface area (TPSA) is 84.2 Å². The number of carboxylic acid groups (broad SMARTS) is 1. The number of unbranched alkanes of at least 4 members (excludes halogenated alkanes) is 1. The van der Waals surface area contributed by atoms with Crippen LogP contribution >= 0.6 is 11.6 Å². The fraction of sp³-hybridized carbons (Fsp3) is 0.615. The van der Waals surface area contributed by atoms with Crippen LogP contribution in [-0.2, 0) is 11.8 Å². The molecule has 0 fully saturated rings. The Morgan fingerprint density at radius 1 is 1.50 bits per heavy atom. The Hall–Kier alpha value is -1.56. The maximum absolute atomic E-state index is 12.1. The number of carbonyl (C=O) groups is 2. The van der Waals surface area contributed by atoms with Crippen LogP contribution in [0.2, 0.25) is 5.02 Å². The maximum Gasteiger partial charge on any atom is 0.305 e. The average molecular weight is 302 g/mol. The van der Waals surface area contributed by atoms with Crippen molar-refractivity contribution in [1.29, 1.82) is 0 Å². The van der Waals surface area contributed by atoms with E-state index in [1.807, 2.05) is 6.92 Å². The highest BCUT2D eigenvalue weighted by atomic mass is 35.5. The van der Waals surface area contributed by atoms with Gasteiger partial charge in [0.25, 0.3) is 5.91 Å². The number of halogens is 1. The molecule has 1 amide bonds. The van der Waals surface area contributed by atoms with Crippen LogP contribution in [0.5, 0.6) is 0 Å². The highest BCUT2D eigenvalue weighted by Crippen LogP contribution is 2.19. The van der Waals surface area contributed by atoms with E-state index in [0.29, 0.717) is 17.1 Å². The Kier molecular flexibility index (Phi) is 6.01. The van der Waals surface area contributed by atoms with Gasteiger partial charge in [0, 0.05) is 13.1 Å². The third-order valence-corrected chi connectivity index (χ3v) is 3.59. The van der Waals surface area contributed by atoms with Crippen LogP contribution < -0.4 is 5.32 Å². The molecule has 0 aliphatic carbocycles. The van der Waals surface area contributed by atoms with E-state index in [-0.39, 0.29) is 12.1 Å². The number of hydrogen-bond donors (Lipinski definition) is 2. The molecule has 6 nitrogen and oxygen atoms in total. The molecule has 0 aliphatic rings. The number of carbonyl (C=O) groups excluding carboxylic acids is 1. The molecule has 0 spiro atoms. The summed E-state index contributed by atoms with van der Waals surface area (Å²) in [4.78, 5) is 22.9. The minimum absolute atomic E-state index is 0.102. The monoisotopic (exact) mass is 301 g/mol. The highest BCUT2D eigenvalue weighted by molar-refractivity contribution is 6.34. The van der Waals surface area contributed by atoms with E-state index < -0.39 is 17.9 Å². The molecule has 7 heteroatoms. The van der Waals surface area contributed by atoms with Gasteiger partial charge < -0.3 is 10.4 Å². The van der Waals surface area contributed by atoms with Gasteiger partial charge in [-0.1, -0.05) is 31.4 Å². The van der Waals surface area contributed by atoms with Gasteiger partial charge >= 0.3 is 5.97 Å². The van der Waals surface area contributed by atoms with Crippen LogP contribution in [0.25, 0.3) is 0 Å². The van der Waals surface area contributed by atoms with Gasteiger partial charge in [-0.3, -0.25) is 14.3 Å². The third-order valence-electron chi connectivity index (χ3n) is 3.14. The number of amides is 1. The van der Waals surface area contributed by atoms with E-state index in [1.165, 1.54) is 4.68 Å². The van der Waals surface area contributed by atoms with Crippen molar-refractivity contribution in [3.05, 3.63) is 16.4 Å².